The minimum Gasteiger partial charge on any atom is -0.464 e. The number of methoxy groups -OCH3 is 1. The number of fused-ring (bicyclic) bond motifs is 1. The van der Waals surface area contributed by atoms with Crippen LogP contribution in [-0.2, 0) is 21.2 Å². The van der Waals surface area contributed by atoms with Gasteiger partial charge in [0.25, 0.3) is 5.91 Å². The van der Waals surface area contributed by atoms with E-state index in [2.05, 4.69) is 10.0 Å². The van der Waals surface area contributed by atoms with E-state index < -0.39 is 21.5 Å². The Hall–Kier alpha value is -3.99. The minimum absolute atomic E-state index is 0.00150. The highest BCUT2D eigenvalue weighted by molar-refractivity contribution is 7.88. The molecule has 4 bridgehead atoms. The maximum absolute atomic E-state index is 13.9. The molecule has 0 radical (unpaired) electrons. The second kappa shape index (κ2) is 11.9. The molecule has 5 atom stereocenters. The van der Waals surface area contributed by atoms with Crippen molar-refractivity contribution in [2.45, 2.75) is 50.1 Å². The number of nitrogens with one attached hydrogen (secondary N) is 2. The van der Waals surface area contributed by atoms with E-state index in [1.807, 2.05) is 30.3 Å². The number of rotatable bonds is 8. The lowest BCUT2D eigenvalue weighted by molar-refractivity contribution is -0.0347. The van der Waals surface area contributed by atoms with Crippen LogP contribution in [0, 0.1) is 17.8 Å². The number of halogens is 1. The highest BCUT2D eigenvalue weighted by Gasteiger charge is 2.56. The van der Waals surface area contributed by atoms with Gasteiger partial charge in [0.1, 0.15) is 5.69 Å². The van der Waals surface area contributed by atoms with Crippen LogP contribution in [0.2, 0.25) is 5.02 Å². The molecule has 0 aliphatic heterocycles. The Morgan fingerprint density at radius 1 is 0.979 bits per heavy atom. The van der Waals surface area contributed by atoms with Crippen LogP contribution in [0.5, 0.6) is 0 Å². The number of ether oxygens (including phenoxy) is 1. The van der Waals surface area contributed by atoms with Crippen LogP contribution in [0.15, 0.2) is 77.6 Å². The number of sulfonamides is 1. The molecule has 4 aromatic rings. The summed E-state index contributed by atoms with van der Waals surface area (Å²) in [7, 11) is -2.04. The number of carbonyl (C=O) groups excluding carboxylic acids is 2. The van der Waals surface area contributed by atoms with E-state index in [1.54, 1.807) is 47.0 Å². The van der Waals surface area contributed by atoms with Crippen LogP contribution in [-0.4, -0.2) is 49.8 Å². The number of esters is 1. The summed E-state index contributed by atoms with van der Waals surface area (Å²) >= 11 is 6.34. The first kappa shape index (κ1) is 31.6. The molecule has 0 saturated heterocycles. The summed E-state index contributed by atoms with van der Waals surface area (Å²) in [5, 5.41) is 4.12. The fraction of sp³-hybridized carbons (Fsp3) is 0.361. The number of para-hydroxylation sites is 1. The highest BCUT2D eigenvalue weighted by Crippen LogP contribution is 2.56. The lowest BCUT2D eigenvalue weighted by atomic mass is 9.51. The molecule has 244 valence electrons. The zero-order valence-corrected chi connectivity index (χ0v) is 27.7. The smallest absolute Gasteiger partial charge is 0.355 e. The van der Waals surface area contributed by atoms with E-state index in [0.29, 0.717) is 33.1 Å². The molecule has 8 rings (SSSR count). The number of hydrogen-bond donors (Lipinski definition) is 2. The first-order chi connectivity index (χ1) is 22.4. The Kier molecular flexibility index (Phi) is 8.01. The van der Waals surface area contributed by atoms with Crippen molar-refractivity contribution in [3.05, 3.63) is 110 Å². The third kappa shape index (κ3) is 5.98. The Bertz CT molecular complexity index is 2050. The van der Waals surface area contributed by atoms with Crippen molar-refractivity contribution in [2.24, 2.45) is 17.8 Å². The van der Waals surface area contributed by atoms with Crippen molar-refractivity contribution < 1.29 is 22.7 Å². The van der Waals surface area contributed by atoms with E-state index >= 15 is 0 Å². The normalized spacial score (nSPS) is 24.7. The van der Waals surface area contributed by atoms with E-state index in [0.717, 1.165) is 37.7 Å². The van der Waals surface area contributed by atoms with Crippen molar-refractivity contribution in [2.75, 3.05) is 13.4 Å². The van der Waals surface area contributed by atoms with Crippen molar-refractivity contribution in [1.29, 1.82) is 0 Å². The van der Waals surface area contributed by atoms with Gasteiger partial charge in [-0.25, -0.2) is 17.9 Å². The van der Waals surface area contributed by atoms with Crippen LogP contribution in [0.25, 0.3) is 16.6 Å². The molecule has 2 N–H and O–H groups in total. The average molecular weight is 674 g/mol. The van der Waals surface area contributed by atoms with Crippen molar-refractivity contribution in [1.82, 2.24) is 14.6 Å². The summed E-state index contributed by atoms with van der Waals surface area (Å²) in [6.07, 6.45) is 5.69. The molecule has 3 aromatic carbocycles. The molecule has 4 saturated carbocycles. The van der Waals surface area contributed by atoms with E-state index in [9.17, 15) is 22.8 Å². The number of hydrogen-bond acceptors (Lipinski definition) is 6. The number of amides is 1. The lowest BCUT2D eigenvalue weighted by Gasteiger charge is -2.59. The van der Waals surface area contributed by atoms with Gasteiger partial charge in [0.15, 0.2) is 5.43 Å². The molecular weight excluding hydrogens is 638 g/mol. The summed E-state index contributed by atoms with van der Waals surface area (Å²) in [4.78, 5) is 40.7. The molecule has 9 nitrogen and oxygen atoms in total. The van der Waals surface area contributed by atoms with Crippen LogP contribution in [0.3, 0.4) is 0 Å². The number of nitrogens with zero attached hydrogens (tertiary/aromatic N) is 1. The van der Waals surface area contributed by atoms with Gasteiger partial charge in [-0.05, 0) is 97.9 Å². The zero-order valence-electron chi connectivity index (χ0n) is 26.2. The van der Waals surface area contributed by atoms with Crippen LogP contribution in [0.1, 0.15) is 64.1 Å². The Morgan fingerprint density at radius 3 is 2.30 bits per heavy atom. The molecule has 47 heavy (non-hydrogen) atoms. The molecule has 4 fully saturated rings. The quantitative estimate of drug-likeness (QED) is 0.247. The maximum atomic E-state index is 13.9. The zero-order chi connectivity index (χ0) is 33.1. The van der Waals surface area contributed by atoms with Gasteiger partial charge >= 0.3 is 5.97 Å². The number of carbonyl (C=O) groups is 2. The molecule has 3 unspecified atom stereocenters. The van der Waals surface area contributed by atoms with Crippen LogP contribution in [0.4, 0.5) is 0 Å². The van der Waals surface area contributed by atoms with Crippen molar-refractivity contribution in [3.8, 4) is 5.69 Å². The van der Waals surface area contributed by atoms with Gasteiger partial charge in [-0.1, -0.05) is 41.9 Å². The predicted molar refractivity (Wildman–Crippen MR) is 181 cm³/mol. The lowest BCUT2D eigenvalue weighted by Crippen LogP contribution is -2.66. The summed E-state index contributed by atoms with van der Waals surface area (Å²) in [6, 6.07) is 21.3. The molecule has 11 heteroatoms. The summed E-state index contributed by atoms with van der Waals surface area (Å²) in [5.74, 6) is 0.101. The molecule has 1 amide bonds. The van der Waals surface area contributed by atoms with Crippen molar-refractivity contribution in [3.63, 3.8) is 0 Å². The van der Waals surface area contributed by atoms with Gasteiger partial charge in [-0.15, -0.1) is 0 Å². The van der Waals surface area contributed by atoms with E-state index in [4.69, 9.17) is 16.3 Å². The molecule has 4 aliphatic rings. The predicted octanol–water partition coefficient (Wildman–Crippen LogP) is 5.25. The molecule has 0 spiro atoms. The van der Waals surface area contributed by atoms with Gasteiger partial charge in [0.2, 0.25) is 10.0 Å². The first-order valence-corrected chi connectivity index (χ1v) is 18.1. The maximum Gasteiger partial charge on any atom is 0.355 e. The van der Waals surface area contributed by atoms with Gasteiger partial charge in [-0.3, -0.25) is 9.59 Å². The second-order valence-corrected chi connectivity index (χ2v) is 15.7. The molecule has 4 aliphatic carbocycles. The van der Waals surface area contributed by atoms with Crippen molar-refractivity contribution >= 4 is 44.4 Å². The summed E-state index contributed by atoms with van der Waals surface area (Å²) < 4.78 is 34.1. The third-order valence-electron chi connectivity index (χ3n) is 10.2. The second-order valence-electron chi connectivity index (χ2n) is 13.5. The Balaban J connectivity index is 1.17. The highest BCUT2D eigenvalue weighted by atomic mass is 35.5. The number of aromatic nitrogens is 1. The fourth-order valence-electron chi connectivity index (χ4n) is 8.72. The van der Waals surface area contributed by atoms with Gasteiger partial charge in [0.05, 0.1) is 18.9 Å². The minimum atomic E-state index is -3.33. The van der Waals surface area contributed by atoms with Gasteiger partial charge in [-0.2, -0.15) is 0 Å². The summed E-state index contributed by atoms with van der Waals surface area (Å²) in [5.41, 5.74) is 2.11. The number of benzene rings is 3. The fourth-order valence-corrected chi connectivity index (χ4v) is 9.92. The van der Waals surface area contributed by atoms with Gasteiger partial charge < -0.3 is 14.6 Å². The monoisotopic (exact) mass is 673 g/mol. The Morgan fingerprint density at radius 2 is 1.66 bits per heavy atom. The largest absolute Gasteiger partial charge is 0.464 e. The van der Waals surface area contributed by atoms with E-state index in [1.165, 1.54) is 13.4 Å². The SMILES string of the molecule is COC(=O)c1c(Cc2ccc(C(=O)NC3[C@@H]4CC5C[C@H]3CC(NS(C)(=O)=O)(C5)C4)cc2)c(=O)c2ccc(Cl)cc2n1-c1ccccc1. The molecule has 1 heterocycles. The molecule has 1 aromatic heterocycles. The van der Waals surface area contributed by atoms with E-state index in [-0.39, 0.29) is 46.9 Å². The first-order valence-electron chi connectivity index (χ1n) is 15.8. The van der Waals surface area contributed by atoms with Gasteiger partial charge in [0, 0.05) is 45.2 Å². The third-order valence-corrected chi connectivity index (χ3v) is 11.2. The Labute approximate surface area is 278 Å². The van der Waals surface area contributed by atoms with Crippen LogP contribution < -0.4 is 15.5 Å². The topological polar surface area (TPSA) is 124 Å². The average Bonchev–Trinajstić information content (AvgIpc) is 3.02. The standard InChI is InChI=1S/C36H36ClN3O6S/c1-46-35(43)32-29(33(41)28-13-12-26(37)17-30(28)40(32)27-6-4-3-5-7-27)16-21-8-10-23(11-9-21)34(42)38-31-24-14-22-15-25(31)20-36(18-22,19-24)39-47(2,44)45/h3-13,17,22,24-25,31,39H,14-16,18-20H2,1-2H3,(H,38,42)/t22?,24-,25+,31?,36?. The summed E-state index contributed by atoms with van der Waals surface area (Å²) in [6.45, 7) is 0. The van der Waals surface area contributed by atoms with Crippen LogP contribution >= 0.6 is 11.6 Å². The number of pyridine rings is 1. The molecular formula is C36H36ClN3O6S.